The lowest BCUT2D eigenvalue weighted by Crippen LogP contribution is -2.28. The van der Waals surface area contributed by atoms with Crippen molar-refractivity contribution in [2.45, 2.75) is 38.3 Å². The summed E-state index contributed by atoms with van der Waals surface area (Å²) in [6.07, 6.45) is 5.47. The molecule has 0 heterocycles. The Hall–Kier alpha value is -1.30. The Morgan fingerprint density at radius 2 is 2.11 bits per heavy atom. The first-order valence-electron chi connectivity index (χ1n) is 6.77. The molecule has 1 saturated carbocycles. The minimum Gasteiger partial charge on any atom is -0.320 e. The van der Waals surface area contributed by atoms with Crippen LogP contribution < -0.4 is 5.73 Å². The molecule has 2 N–H and O–H groups in total. The maximum atomic E-state index is 5.40. The van der Waals surface area contributed by atoms with E-state index in [1.807, 2.05) is 6.07 Å². The highest BCUT2D eigenvalue weighted by Crippen LogP contribution is 2.23. The summed E-state index contributed by atoms with van der Waals surface area (Å²) < 4.78 is 0. The Balaban J connectivity index is 1.99. The largest absolute Gasteiger partial charge is 0.320 e. The van der Waals surface area contributed by atoms with Crippen LogP contribution in [0, 0.1) is 11.8 Å². The van der Waals surface area contributed by atoms with Gasteiger partial charge in [-0.3, -0.25) is 4.90 Å². The zero-order valence-electron chi connectivity index (χ0n) is 11.2. The van der Waals surface area contributed by atoms with Crippen molar-refractivity contribution in [2.24, 2.45) is 5.73 Å². The lowest BCUT2D eigenvalue weighted by Gasteiger charge is -2.24. The number of benzene rings is 1. The predicted molar refractivity (Wildman–Crippen MR) is 76.1 cm³/mol. The maximum absolute atomic E-state index is 5.40. The Bertz CT molecular complexity index is 436. The van der Waals surface area contributed by atoms with Gasteiger partial charge in [-0.1, -0.05) is 36.8 Å². The second-order valence-corrected chi connectivity index (χ2v) is 5.06. The minimum absolute atomic E-state index is 0.423. The van der Waals surface area contributed by atoms with E-state index in [9.17, 15) is 0 Å². The number of nitrogens with zero attached hydrogens (tertiary/aromatic N) is 1. The van der Waals surface area contributed by atoms with Crippen LogP contribution in [0.4, 0.5) is 0 Å². The third kappa shape index (κ3) is 3.60. The molecule has 0 spiro atoms. The minimum atomic E-state index is 0.423. The summed E-state index contributed by atoms with van der Waals surface area (Å²) in [6.45, 7) is 1.44. The molecule has 1 fully saturated rings. The molecular weight excluding hydrogens is 220 g/mol. The van der Waals surface area contributed by atoms with Crippen molar-refractivity contribution in [3.63, 3.8) is 0 Å². The lowest BCUT2D eigenvalue weighted by molar-refractivity contribution is 0.237. The van der Waals surface area contributed by atoms with Crippen LogP contribution in [0.2, 0.25) is 0 Å². The molecule has 1 aromatic carbocycles. The van der Waals surface area contributed by atoms with Crippen molar-refractivity contribution in [2.75, 3.05) is 13.6 Å². The van der Waals surface area contributed by atoms with Gasteiger partial charge in [0.2, 0.25) is 0 Å². The average molecular weight is 242 g/mol. The van der Waals surface area contributed by atoms with Crippen LogP contribution in [-0.4, -0.2) is 24.5 Å². The number of hydrogen-bond donors (Lipinski definition) is 1. The van der Waals surface area contributed by atoms with Crippen LogP contribution >= 0.6 is 0 Å². The fourth-order valence-electron chi connectivity index (χ4n) is 2.66. The van der Waals surface area contributed by atoms with E-state index in [4.69, 9.17) is 5.73 Å². The molecule has 18 heavy (non-hydrogen) atoms. The van der Waals surface area contributed by atoms with Gasteiger partial charge >= 0.3 is 0 Å². The molecular formula is C16H22N2. The SMILES string of the molecule is CN(Cc1cccc(C#CCN)c1)C1CCCC1. The average Bonchev–Trinajstić information content (AvgIpc) is 2.91. The zero-order chi connectivity index (χ0) is 12.8. The van der Waals surface area contributed by atoms with Crippen LogP contribution in [0.5, 0.6) is 0 Å². The van der Waals surface area contributed by atoms with Crippen molar-refractivity contribution < 1.29 is 0 Å². The van der Waals surface area contributed by atoms with Gasteiger partial charge in [-0.05, 0) is 37.6 Å². The van der Waals surface area contributed by atoms with Gasteiger partial charge in [0.05, 0.1) is 6.54 Å². The van der Waals surface area contributed by atoms with Crippen LogP contribution in [0.15, 0.2) is 24.3 Å². The van der Waals surface area contributed by atoms with E-state index >= 15 is 0 Å². The topological polar surface area (TPSA) is 29.3 Å². The number of nitrogens with two attached hydrogens (primary N) is 1. The third-order valence-corrected chi connectivity index (χ3v) is 3.64. The normalized spacial score (nSPS) is 15.7. The third-order valence-electron chi connectivity index (χ3n) is 3.64. The fraction of sp³-hybridized carbons (Fsp3) is 0.500. The summed E-state index contributed by atoms with van der Waals surface area (Å²) in [4.78, 5) is 2.47. The van der Waals surface area contributed by atoms with Crippen LogP contribution in [0.25, 0.3) is 0 Å². The summed E-state index contributed by atoms with van der Waals surface area (Å²) >= 11 is 0. The second-order valence-electron chi connectivity index (χ2n) is 5.06. The Kier molecular flexibility index (Phi) is 4.81. The van der Waals surface area contributed by atoms with E-state index < -0.39 is 0 Å². The Morgan fingerprint density at radius 3 is 2.83 bits per heavy atom. The zero-order valence-corrected chi connectivity index (χ0v) is 11.2. The van der Waals surface area contributed by atoms with E-state index in [0.29, 0.717) is 6.54 Å². The first kappa shape index (κ1) is 13.1. The van der Waals surface area contributed by atoms with Gasteiger partial charge in [0.15, 0.2) is 0 Å². The van der Waals surface area contributed by atoms with Gasteiger partial charge in [0, 0.05) is 18.2 Å². The molecule has 0 saturated heterocycles. The Labute approximate surface area is 110 Å². The molecule has 0 radical (unpaired) electrons. The molecule has 96 valence electrons. The highest BCUT2D eigenvalue weighted by atomic mass is 15.1. The molecule has 0 aliphatic heterocycles. The first-order valence-corrected chi connectivity index (χ1v) is 6.77. The quantitative estimate of drug-likeness (QED) is 0.825. The van der Waals surface area contributed by atoms with Crippen molar-refractivity contribution in [1.29, 1.82) is 0 Å². The molecule has 0 amide bonds. The highest BCUT2D eigenvalue weighted by Gasteiger charge is 2.19. The molecule has 0 aromatic heterocycles. The van der Waals surface area contributed by atoms with Crippen molar-refractivity contribution in [1.82, 2.24) is 4.90 Å². The van der Waals surface area contributed by atoms with Gasteiger partial charge in [0.25, 0.3) is 0 Å². The van der Waals surface area contributed by atoms with Gasteiger partial charge < -0.3 is 5.73 Å². The summed E-state index contributed by atoms with van der Waals surface area (Å²) in [7, 11) is 2.23. The maximum Gasteiger partial charge on any atom is 0.0555 e. The number of hydrogen-bond acceptors (Lipinski definition) is 2. The summed E-state index contributed by atoms with van der Waals surface area (Å²) in [5.41, 5.74) is 7.80. The summed E-state index contributed by atoms with van der Waals surface area (Å²) in [5, 5.41) is 0. The molecule has 0 unspecified atom stereocenters. The smallest absolute Gasteiger partial charge is 0.0555 e. The fourth-order valence-corrected chi connectivity index (χ4v) is 2.66. The summed E-state index contributed by atoms with van der Waals surface area (Å²) in [6, 6.07) is 9.25. The molecule has 2 nitrogen and oxygen atoms in total. The van der Waals surface area contributed by atoms with E-state index in [1.165, 1.54) is 31.2 Å². The van der Waals surface area contributed by atoms with Gasteiger partial charge in [-0.25, -0.2) is 0 Å². The monoisotopic (exact) mass is 242 g/mol. The van der Waals surface area contributed by atoms with Gasteiger partial charge in [-0.2, -0.15) is 0 Å². The molecule has 2 rings (SSSR count). The van der Waals surface area contributed by atoms with Crippen molar-refractivity contribution in [3.8, 4) is 11.8 Å². The van der Waals surface area contributed by atoms with Crippen LogP contribution in [0.1, 0.15) is 36.8 Å². The van der Waals surface area contributed by atoms with Gasteiger partial charge in [0.1, 0.15) is 0 Å². The first-order chi connectivity index (χ1) is 8.79. The van der Waals surface area contributed by atoms with Crippen LogP contribution in [-0.2, 0) is 6.54 Å². The van der Waals surface area contributed by atoms with Crippen molar-refractivity contribution in [3.05, 3.63) is 35.4 Å². The van der Waals surface area contributed by atoms with Gasteiger partial charge in [-0.15, -0.1) is 0 Å². The standard InChI is InChI=1S/C16H22N2/c1-18(16-9-2-3-10-16)13-15-7-4-6-14(12-15)8-5-11-17/h4,6-7,12,16H,2-3,9-11,13,17H2,1H3. The highest BCUT2D eigenvalue weighted by molar-refractivity contribution is 5.37. The molecule has 1 aromatic rings. The molecule has 2 heteroatoms. The second kappa shape index (κ2) is 6.58. The molecule has 1 aliphatic carbocycles. The molecule has 1 aliphatic rings. The van der Waals surface area contributed by atoms with Crippen molar-refractivity contribution >= 4 is 0 Å². The summed E-state index contributed by atoms with van der Waals surface area (Å²) in [5.74, 6) is 6.00. The molecule has 0 bridgehead atoms. The van der Waals surface area contributed by atoms with Crippen LogP contribution in [0.3, 0.4) is 0 Å². The van der Waals surface area contributed by atoms with E-state index in [2.05, 4.69) is 42.0 Å². The lowest BCUT2D eigenvalue weighted by atomic mass is 10.1. The Morgan fingerprint density at radius 1 is 1.33 bits per heavy atom. The van der Waals surface area contributed by atoms with E-state index in [-0.39, 0.29) is 0 Å². The van der Waals surface area contributed by atoms with E-state index in [1.54, 1.807) is 0 Å². The predicted octanol–water partition coefficient (Wildman–Crippen LogP) is 2.37. The molecule has 0 atom stereocenters. The van der Waals surface area contributed by atoms with E-state index in [0.717, 1.165) is 18.2 Å². The number of rotatable bonds is 3.